The Morgan fingerprint density at radius 3 is 2.67 bits per heavy atom. The minimum Gasteiger partial charge on any atom is -0.368 e. The summed E-state index contributed by atoms with van der Waals surface area (Å²) in [7, 11) is 0. The van der Waals surface area contributed by atoms with Crippen LogP contribution < -0.4 is 16.1 Å². The van der Waals surface area contributed by atoms with E-state index in [0.717, 1.165) is 10.6 Å². The monoisotopic (exact) mass is 342 g/mol. The second-order valence-corrected chi connectivity index (χ2v) is 6.54. The van der Waals surface area contributed by atoms with Gasteiger partial charge in [0.05, 0.1) is 11.7 Å². The molecule has 2 atom stereocenters. The first-order chi connectivity index (χ1) is 11.6. The number of hydrogen-bond donors (Lipinski definition) is 2. The topological polar surface area (TPSA) is 87.8 Å². The van der Waals surface area contributed by atoms with E-state index in [9.17, 15) is 9.59 Å². The molecule has 3 rings (SSSR count). The normalized spacial score (nSPS) is 18.1. The van der Waals surface area contributed by atoms with Gasteiger partial charge in [-0.2, -0.15) is 5.10 Å². The standard InChI is InChI=1S/C17H18N4O2S/c1-11(15-8-5-9-24-15)19-17(23)13-10-14(16(18)22)21(20-13)12-6-3-2-4-7-12/h2-9,11,14H,10H2,1H3,(H2,18,22)(H,19,23)/t11-,14-/m0/s1. The van der Waals surface area contributed by atoms with Crippen molar-refractivity contribution in [3.8, 4) is 0 Å². The molecule has 0 bridgehead atoms. The van der Waals surface area contributed by atoms with Crippen LogP contribution in [0.4, 0.5) is 5.69 Å². The zero-order chi connectivity index (χ0) is 17.1. The molecule has 3 N–H and O–H groups in total. The van der Waals surface area contributed by atoms with E-state index < -0.39 is 11.9 Å². The van der Waals surface area contributed by atoms with Crippen LogP contribution in [0.1, 0.15) is 24.3 Å². The minimum absolute atomic E-state index is 0.113. The van der Waals surface area contributed by atoms with Crippen molar-refractivity contribution in [1.29, 1.82) is 0 Å². The molecule has 0 aliphatic carbocycles. The molecule has 0 fully saturated rings. The number of nitrogens with zero attached hydrogens (tertiary/aromatic N) is 2. The molecule has 0 radical (unpaired) electrons. The van der Waals surface area contributed by atoms with Gasteiger partial charge in [-0.15, -0.1) is 11.3 Å². The lowest BCUT2D eigenvalue weighted by Crippen LogP contribution is -2.40. The highest BCUT2D eigenvalue weighted by atomic mass is 32.1. The molecule has 7 heteroatoms. The number of thiophene rings is 1. The van der Waals surface area contributed by atoms with E-state index >= 15 is 0 Å². The van der Waals surface area contributed by atoms with Crippen LogP contribution in [0.5, 0.6) is 0 Å². The maximum Gasteiger partial charge on any atom is 0.268 e. The Hall–Kier alpha value is -2.67. The zero-order valence-electron chi connectivity index (χ0n) is 13.2. The van der Waals surface area contributed by atoms with E-state index in [4.69, 9.17) is 5.73 Å². The summed E-state index contributed by atoms with van der Waals surface area (Å²) in [5.41, 5.74) is 6.53. The van der Waals surface area contributed by atoms with Crippen LogP contribution in [0.3, 0.4) is 0 Å². The minimum atomic E-state index is -0.648. The average Bonchev–Trinajstić information content (AvgIpc) is 3.25. The first-order valence-electron chi connectivity index (χ1n) is 7.61. The third-order valence-electron chi connectivity index (χ3n) is 3.84. The fraction of sp³-hybridized carbons (Fsp3) is 0.235. The summed E-state index contributed by atoms with van der Waals surface area (Å²) in [6, 6.07) is 12.4. The molecule has 1 aromatic carbocycles. The molecule has 24 heavy (non-hydrogen) atoms. The van der Waals surface area contributed by atoms with Gasteiger partial charge in [-0.1, -0.05) is 24.3 Å². The number of carbonyl (C=O) groups excluding carboxylic acids is 2. The summed E-state index contributed by atoms with van der Waals surface area (Å²) in [5.74, 6) is -0.780. The summed E-state index contributed by atoms with van der Waals surface area (Å²) < 4.78 is 0. The lowest BCUT2D eigenvalue weighted by Gasteiger charge is -2.20. The van der Waals surface area contributed by atoms with Crippen molar-refractivity contribution >= 4 is 34.6 Å². The molecule has 1 aliphatic heterocycles. The SMILES string of the molecule is C[C@H](NC(=O)C1=NN(c2ccccc2)[C@H](C(N)=O)C1)c1cccs1. The molecule has 2 heterocycles. The highest BCUT2D eigenvalue weighted by Crippen LogP contribution is 2.25. The number of nitrogens with one attached hydrogen (secondary N) is 1. The van der Waals surface area contributed by atoms with Crippen molar-refractivity contribution in [2.75, 3.05) is 5.01 Å². The molecule has 6 nitrogen and oxygen atoms in total. The number of amides is 2. The quantitative estimate of drug-likeness (QED) is 0.871. The third kappa shape index (κ3) is 3.30. The van der Waals surface area contributed by atoms with Crippen molar-refractivity contribution in [1.82, 2.24) is 5.32 Å². The molecule has 124 valence electrons. The predicted octanol–water partition coefficient (Wildman–Crippen LogP) is 2.05. The number of rotatable bonds is 5. The molecule has 0 unspecified atom stereocenters. The Labute approximate surface area is 144 Å². The van der Waals surface area contributed by atoms with E-state index in [2.05, 4.69) is 10.4 Å². The van der Waals surface area contributed by atoms with Crippen LogP contribution in [0.25, 0.3) is 0 Å². The summed E-state index contributed by atoms with van der Waals surface area (Å²) in [5, 5.41) is 10.7. The highest BCUT2D eigenvalue weighted by molar-refractivity contribution is 7.10. The van der Waals surface area contributed by atoms with Gasteiger partial charge in [0.1, 0.15) is 11.8 Å². The second-order valence-electron chi connectivity index (χ2n) is 5.56. The highest BCUT2D eigenvalue weighted by Gasteiger charge is 2.35. The molecule has 0 spiro atoms. The number of hydrazone groups is 1. The number of para-hydroxylation sites is 1. The molecule has 1 aromatic heterocycles. The van der Waals surface area contributed by atoms with Crippen LogP contribution in [0.15, 0.2) is 52.9 Å². The van der Waals surface area contributed by atoms with Gasteiger partial charge in [-0.25, -0.2) is 0 Å². The lowest BCUT2D eigenvalue weighted by atomic mass is 10.1. The van der Waals surface area contributed by atoms with Crippen LogP contribution in [0, 0.1) is 0 Å². The Morgan fingerprint density at radius 1 is 1.29 bits per heavy atom. The molecule has 1 aliphatic rings. The van der Waals surface area contributed by atoms with Gasteiger partial charge in [0.25, 0.3) is 5.91 Å². The van der Waals surface area contributed by atoms with Crippen molar-refractivity contribution in [2.24, 2.45) is 10.8 Å². The van der Waals surface area contributed by atoms with Crippen LogP contribution >= 0.6 is 11.3 Å². The molecule has 0 saturated carbocycles. The average molecular weight is 342 g/mol. The summed E-state index contributed by atoms with van der Waals surface area (Å²) in [6.07, 6.45) is 0.202. The largest absolute Gasteiger partial charge is 0.368 e. The maximum atomic E-state index is 12.5. The number of anilines is 1. The van der Waals surface area contributed by atoms with Crippen LogP contribution in [-0.4, -0.2) is 23.6 Å². The number of benzene rings is 1. The van der Waals surface area contributed by atoms with E-state index in [0.29, 0.717) is 5.71 Å². The van der Waals surface area contributed by atoms with Gasteiger partial charge in [0.2, 0.25) is 5.91 Å². The van der Waals surface area contributed by atoms with E-state index in [-0.39, 0.29) is 18.4 Å². The Balaban J connectivity index is 1.78. The van der Waals surface area contributed by atoms with Crippen LogP contribution in [-0.2, 0) is 9.59 Å². The molecular weight excluding hydrogens is 324 g/mol. The lowest BCUT2D eigenvalue weighted by molar-refractivity contribution is -0.119. The van der Waals surface area contributed by atoms with Gasteiger partial charge in [0.15, 0.2) is 0 Å². The van der Waals surface area contributed by atoms with Crippen molar-refractivity contribution < 1.29 is 9.59 Å². The fourth-order valence-electron chi connectivity index (χ4n) is 2.58. The van der Waals surface area contributed by atoms with Gasteiger partial charge in [0, 0.05) is 11.3 Å². The number of nitrogens with two attached hydrogens (primary N) is 1. The maximum absolute atomic E-state index is 12.5. The molecule has 2 amide bonds. The zero-order valence-corrected chi connectivity index (χ0v) is 14.0. The van der Waals surface area contributed by atoms with Gasteiger partial charge < -0.3 is 11.1 Å². The van der Waals surface area contributed by atoms with Crippen LogP contribution in [0.2, 0.25) is 0 Å². The van der Waals surface area contributed by atoms with Crippen molar-refractivity contribution in [2.45, 2.75) is 25.4 Å². The molecule has 0 saturated heterocycles. The summed E-state index contributed by atoms with van der Waals surface area (Å²) in [6.45, 7) is 1.92. The summed E-state index contributed by atoms with van der Waals surface area (Å²) in [4.78, 5) is 25.3. The van der Waals surface area contributed by atoms with Gasteiger partial charge in [-0.05, 0) is 30.5 Å². The van der Waals surface area contributed by atoms with E-state index in [1.54, 1.807) is 11.3 Å². The van der Waals surface area contributed by atoms with Gasteiger partial charge >= 0.3 is 0 Å². The van der Waals surface area contributed by atoms with E-state index in [1.807, 2.05) is 54.8 Å². The van der Waals surface area contributed by atoms with Crippen molar-refractivity contribution in [3.05, 3.63) is 52.7 Å². The van der Waals surface area contributed by atoms with Gasteiger partial charge in [-0.3, -0.25) is 14.6 Å². The summed E-state index contributed by atoms with van der Waals surface area (Å²) >= 11 is 1.58. The third-order valence-corrected chi connectivity index (χ3v) is 4.89. The second kappa shape index (κ2) is 6.84. The molecule has 2 aromatic rings. The Bertz CT molecular complexity index is 758. The first kappa shape index (κ1) is 16.2. The number of primary amides is 1. The smallest absolute Gasteiger partial charge is 0.268 e. The first-order valence-corrected chi connectivity index (χ1v) is 8.49. The van der Waals surface area contributed by atoms with Crippen molar-refractivity contribution in [3.63, 3.8) is 0 Å². The fourth-order valence-corrected chi connectivity index (χ4v) is 3.31. The molecular formula is C17H18N4O2S. The predicted molar refractivity (Wildman–Crippen MR) is 94.8 cm³/mol. The Kier molecular flexibility index (Phi) is 4.61. The Morgan fingerprint density at radius 2 is 2.04 bits per heavy atom. The number of hydrogen-bond acceptors (Lipinski definition) is 5. The van der Waals surface area contributed by atoms with E-state index in [1.165, 1.54) is 5.01 Å². The number of carbonyl (C=O) groups is 2.